The minimum Gasteiger partial charge on any atom is -0.497 e. The Morgan fingerprint density at radius 2 is 1.75 bits per heavy atom. The Hall–Kier alpha value is -3.56. The molecule has 0 radical (unpaired) electrons. The molecule has 1 atom stereocenters. The zero-order valence-corrected chi connectivity index (χ0v) is 18.4. The zero-order valence-electron chi connectivity index (χ0n) is 17.6. The zero-order chi connectivity index (χ0) is 22.7. The monoisotopic (exact) mass is 453 g/mol. The summed E-state index contributed by atoms with van der Waals surface area (Å²) in [5, 5.41) is 6.04. The lowest BCUT2D eigenvalue weighted by atomic mass is 10.1. The van der Waals surface area contributed by atoms with E-state index < -0.39 is 16.2 Å². The van der Waals surface area contributed by atoms with Gasteiger partial charge in [0.25, 0.3) is 5.91 Å². The smallest absolute Gasteiger partial charge is 0.251 e. The van der Waals surface area contributed by atoms with E-state index in [4.69, 9.17) is 9.47 Å². The molecule has 0 unspecified atom stereocenters. The number of benzene rings is 3. The fourth-order valence-corrected chi connectivity index (χ4v) is 4.78. The van der Waals surface area contributed by atoms with Crippen LogP contribution in [0.4, 0.5) is 5.69 Å². The molecule has 3 aromatic carbocycles. The number of sulfonamides is 1. The Morgan fingerprint density at radius 3 is 2.47 bits per heavy atom. The van der Waals surface area contributed by atoms with Crippen molar-refractivity contribution in [1.82, 2.24) is 10.0 Å². The number of fused-ring (bicyclic) bond motifs is 1. The second-order valence-electron chi connectivity index (χ2n) is 7.18. The van der Waals surface area contributed by atoms with Gasteiger partial charge in [-0.3, -0.25) is 4.79 Å². The van der Waals surface area contributed by atoms with Crippen molar-refractivity contribution in [1.29, 1.82) is 0 Å². The van der Waals surface area contributed by atoms with Crippen LogP contribution in [0.25, 0.3) is 0 Å². The first-order chi connectivity index (χ1) is 15.4. The minimum absolute atomic E-state index is 0.209. The van der Waals surface area contributed by atoms with Crippen LogP contribution in [0.2, 0.25) is 0 Å². The van der Waals surface area contributed by atoms with Crippen molar-refractivity contribution in [2.75, 3.05) is 19.5 Å². The normalized spacial score (nSPS) is 16.4. The van der Waals surface area contributed by atoms with Crippen molar-refractivity contribution < 1.29 is 22.7 Å². The highest BCUT2D eigenvalue weighted by Gasteiger charge is 2.29. The number of hydrogen-bond donors (Lipinski definition) is 3. The Morgan fingerprint density at radius 1 is 1.00 bits per heavy atom. The first kappa shape index (κ1) is 21.7. The third kappa shape index (κ3) is 4.39. The molecule has 1 aliphatic heterocycles. The molecular formula is C23H23N3O5S. The molecule has 3 N–H and O–H groups in total. The van der Waals surface area contributed by atoms with Crippen LogP contribution in [0.3, 0.4) is 0 Å². The maximum absolute atomic E-state index is 12.6. The molecule has 0 bridgehead atoms. The summed E-state index contributed by atoms with van der Waals surface area (Å²) >= 11 is 0. The van der Waals surface area contributed by atoms with E-state index in [1.54, 1.807) is 74.9 Å². The molecule has 32 heavy (non-hydrogen) atoms. The average Bonchev–Trinajstić information content (AvgIpc) is 2.82. The number of hydrogen-bond acceptors (Lipinski definition) is 6. The fraction of sp³-hybridized carbons (Fsp3) is 0.174. The first-order valence-electron chi connectivity index (χ1n) is 9.88. The number of anilines is 1. The van der Waals surface area contributed by atoms with Crippen molar-refractivity contribution in [2.24, 2.45) is 0 Å². The molecule has 0 saturated carbocycles. The predicted octanol–water partition coefficient (Wildman–Crippen LogP) is 3.04. The molecule has 1 heterocycles. The first-order valence-corrected chi connectivity index (χ1v) is 11.4. The number of amides is 1. The Kier molecular flexibility index (Phi) is 6.02. The van der Waals surface area contributed by atoms with Crippen LogP contribution in [0, 0.1) is 0 Å². The van der Waals surface area contributed by atoms with E-state index in [1.165, 1.54) is 0 Å². The standard InChI is InChI=1S/C23H23N3O5S/c1-30-18-12-11-17(20(13-18)31-2)14-24-23(27)16-9-7-15(8-10-16)22-25-19-5-3-4-6-21(19)32(28,29)26-22/h3-13,22,25-26H,14H2,1-2H3,(H,24,27)/t22-/m0/s1. The average molecular weight is 454 g/mol. The van der Waals surface area contributed by atoms with E-state index in [1.807, 2.05) is 6.07 Å². The van der Waals surface area contributed by atoms with E-state index >= 15 is 0 Å². The van der Waals surface area contributed by atoms with Gasteiger partial charge in [0, 0.05) is 23.7 Å². The molecule has 4 rings (SSSR count). The van der Waals surface area contributed by atoms with Crippen molar-refractivity contribution in [2.45, 2.75) is 17.6 Å². The summed E-state index contributed by atoms with van der Waals surface area (Å²) in [6.07, 6.45) is -0.629. The van der Waals surface area contributed by atoms with Gasteiger partial charge < -0.3 is 20.1 Å². The van der Waals surface area contributed by atoms with Crippen molar-refractivity contribution in [3.05, 3.63) is 83.4 Å². The molecular weight excluding hydrogens is 430 g/mol. The van der Waals surface area contributed by atoms with Crippen molar-refractivity contribution >= 4 is 21.6 Å². The Labute approximate surface area is 186 Å². The van der Waals surface area contributed by atoms with Gasteiger partial charge in [0.2, 0.25) is 10.0 Å². The maximum atomic E-state index is 12.6. The summed E-state index contributed by atoms with van der Waals surface area (Å²) in [5.74, 6) is 1.04. The Bertz CT molecular complexity index is 1240. The van der Waals surface area contributed by atoms with Gasteiger partial charge in [-0.1, -0.05) is 24.3 Å². The van der Waals surface area contributed by atoms with E-state index in [-0.39, 0.29) is 17.3 Å². The molecule has 3 aromatic rings. The topological polar surface area (TPSA) is 106 Å². The number of ether oxygens (including phenoxy) is 2. The van der Waals surface area contributed by atoms with Gasteiger partial charge in [0.05, 0.1) is 19.9 Å². The summed E-state index contributed by atoms with van der Waals surface area (Å²) in [5.41, 5.74) is 2.50. The minimum atomic E-state index is -3.63. The van der Waals surface area contributed by atoms with Crippen LogP contribution < -0.4 is 24.8 Å². The van der Waals surface area contributed by atoms with E-state index in [0.717, 1.165) is 5.56 Å². The number of carbonyl (C=O) groups is 1. The van der Waals surface area contributed by atoms with Crippen molar-refractivity contribution in [3.8, 4) is 11.5 Å². The molecule has 1 amide bonds. The highest BCUT2D eigenvalue weighted by atomic mass is 32.2. The third-order valence-corrected chi connectivity index (χ3v) is 6.67. The Balaban J connectivity index is 1.45. The second-order valence-corrected chi connectivity index (χ2v) is 8.86. The quantitative estimate of drug-likeness (QED) is 0.530. The van der Waals surface area contributed by atoms with Crippen LogP contribution in [0.15, 0.2) is 71.6 Å². The van der Waals surface area contributed by atoms with Gasteiger partial charge in [0.15, 0.2) is 0 Å². The highest BCUT2D eigenvalue weighted by Crippen LogP contribution is 2.31. The van der Waals surface area contributed by atoms with Crippen molar-refractivity contribution in [3.63, 3.8) is 0 Å². The van der Waals surface area contributed by atoms with Crippen LogP contribution >= 0.6 is 0 Å². The van der Waals surface area contributed by atoms with Gasteiger partial charge in [-0.15, -0.1) is 0 Å². The summed E-state index contributed by atoms with van der Waals surface area (Å²) in [6.45, 7) is 0.286. The number of carbonyl (C=O) groups excluding carboxylic acids is 1. The van der Waals surface area contributed by atoms with E-state index in [0.29, 0.717) is 28.3 Å². The molecule has 1 aliphatic rings. The van der Waals surface area contributed by atoms with E-state index in [2.05, 4.69) is 15.4 Å². The maximum Gasteiger partial charge on any atom is 0.251 e. The number of rotatable bonds is 6. The molecule has 166 valence electrons. The number of methoxy groups -OCH3 is 2. The fourth-order valence-electron chi connectivity index (χ4n) is 3.48. The van der Waals surface area contributed by atoms with Crippen LogP contribution in [0.5, 0.6) is 11.5 Å². The van der Waals surface area contributed by atoms with Gasteiger partial charge in [-0.2, -0.15) is 4.72 Å². The van der Waals surface area contributed by atoms with E-state index in [9.17, 15) is 13.2 Å². The van der Waals surface area contributed by atoms with Crippen LogP contribution in [-0.2, 0) is 16.6 Å². The summed E-state index contributed by atoms with van der Waals surface area (Å²) < 4.78 is 38.2. The summed E-state index contributed by atoms with van der Waals surface area (Å²) in [4.78, 5) is 12.8. The number of para-hydroxylation sites is 1. The van der Waals surface area contributed by atoms with Gasteiger partial charge in [-0.25, -0.2) is 8.42 Å². The molecule has 8 nitrogen and oxygen atoms in total. The lowest BCUT2D eigenvalue weighted by Crippen LogP contribution is -2.38. The van der Waals surface area contributed by atoms with Gasteiger partial charge >= 0.3 is 0 Å². The highest BCUT2D eigenvalue weighted by molar-refractivity contribution is 7.89. The largest absolute Gasteiger partial charge is 0.497 e. The number of nitrogens with one attached hydrogen (secondary N) is 3. The van der Waals surface area contributed by atoms with Crippen LogP contribution in [-0.4, -0.2) is 28.5 Å². The predicted molar refractivity (Wildman–Crippen MR) is 120 cm³/mol. The molecule has 0 saturated heterocycles. The SMILES string of the molecule is COc1ccc(CNC(=O)c2ccc([C@H]3Nc4ccccc4S(=O)(=O)N3)cc2)c(OC)c1. The summed E-state index contributed by atoms with van der Waals surface area (Å²) in [6, 6.07) is 18.9. The molecule has 9 heteroatoms. The lowest BCUT2D eigenvalue weighted by molar-refractivity contribution is 0.0950. The molecule has 0 spiro atoms. The second kappa shape index (κ2) is 8.89. The van der Waals surface area contributed by atoms with Gasteiger partial charge in [-0.05, 0) is 42.0 Å². The molecule has 0 aliphatic carbocycles. The molecule has 0 fully saturated rings. The summed E-state index contributed by atoms with van der Waals surface area (Å²) in [7, 11) is -0.493. The molecule has 0 aromatic heterocycles. The lowest BCUT2D eigenvalue weighted by Gasteiger charge is -2.28. The third-order valence-electron chi connectivity index (χ3n) is 5.19. The van der Waals surface area contributed by atoms with Crippen LogP contribution in [0.1, 0.15) is 27.7 Å². The van der Waals surface area contributed by atoms with Gasteiger partial charge in [0.1, 0.15) is 22.6 Å².